The van der Waals surface area contributed by atoms with Gasteiger partial charge in [-0.05, 0) is 18.4 Å². The molecule has 0 aromatic heterocycles. The highest BCUT2D eigenvalue weighted by atomic mass is 16.1. The van der Waals surface area contributed by atoms with Crippen molar-refractivity contribution in [2.45, 2.75) is 25.8 Å². The molecule has 0 radical (unpaired) electrons. The molecule has 1 aromatic carbocycles. The van der Waals surface area contributed by atoms with Gasteiger partial charge in [-0.1, -0.05) is 36.4 Å². The summed E-state index contributed by atoms with van der Waals surface area (Å²) < 4.78 is 0. The zero-order valence-electron chi connectivity index (χ0n) is 9.07. The quantitative estimate of drug-likeness (QED) is 0.731. The largest absolute Gasteiger partial charge is 0.353 e. The Balaban J connectivity index is 2.58. The zero-order chi connectivity index (χ0) is 11.1. The minimum atomic E-state index is 0.0118. The van der Waals surface area contributed by atoms with Gasteiger partial charge in [0, 0.05) is 13.0 Å². The van der Waals surface area contributed by atoms with Crippen molar-refractivity contribution in [2.75, 3.05) is 0 Å². The predicted molar refractivity (Wildman–Crippen MR) is 62.6 cm³/mol. The summed E-state index contributed by atoms with van der Waals surface area (Å²) in [5, 5.41) is 2.92. The molecule has 1 amide bonds. The molecule has 0 heterocycles. The van der Waals surface area contributed by atoms with Crippen LogP contribution < -0.4 is 5.32 Å². The van der Waals surface area contributed by atoms with Gasteiger partial charge in [-0.2, -0.15) is 0 Å². The molecule has 0 saturated carbocycles. The monoisotopic (exact) mass is 203 g/mol. The second kappa shape index (κ2) is 6.02. The molecule has 0 aliphatic carbocycles. The minimum absolute atomic E-state index is 0.0118. The van der Waals surface area contributed by atoms with E-state index in [1.807, 2.05) is 24.3 Å². The smallest absolute Gasteiger partial charge is 0.217 e. The average Bonchev–Trinajstić information content (AvgIpc) is 2.18. The highest BCUT2D eigenvalue weighted by Gasteiger charge is 2.08. The molecule has 2 nitrogen and oxygen atoms in total. The van der Waals surface area contributed by atoms with Gasteiger partial charge in [-0.15, -0.1) is 6.58 Å². The van der Waals surface area contributed by atoms with Crippen molar-refractivity contribution in [3.8, 4) is 0 Å². The first-order chi connectivity index (χ1) is 7.22. The highest BCUT2D eigenvalue weighted by molar-refractivity contribution is 5.73. The fraction of sp³-hybridized carbons (Fsp3) is 0.308. The van der Waals surface area contributed by atoms with Gasteiger partial charge < -0.3 is 5.32 Å². The molecule has 15 heavy (non-hydrogen) atoms. The Kier molecular flexibility index (Phi) is 4.61. The topological polar surface area (TPSA) is 29.1 Å². The van der Waals surface area contributed by atoms with Crippen molar-refractivity contribution in [1.29, 1.82) is 0 Å². The fourth-order valence-corrected chi connectivity index (χ4v) is 1.58. The van der Waals surface area contributed by atoms with Gasteiger partial charge in [0.2, 0.25) is 5.91 Å². The number of carbonyl (C=O) groups excluding carboxylic acids is 1. The molecule has 0 spiro atoms. The van der Waals surface area contributed by atoms with Crippen LogP contribution in [0.15, 0.2) is 43.0 Å². The van der Waals surface area contributed by atoms with Crippen LogP contribution in [-0.4, -0.2) is 11.9 Å². The maximum Gasteiger partial charge on any atom is 0.217 e. The Labute approximate surface area is 91.0 Å². The second-order valence-corrected chi connectivity index (χ2v) is 3.61. The van der Waals surface area contributed by atoms with Crippen molar-refractivity contribution in [3.05, 3.63) is 48.6 Å². The van der Waals surface area contributed by atoms with Crippen LogP contribution in [0.25, 0.3) is 0 Å². The van der Waals surface area contributed by atoms with Crippen molar-refractivity contribution in [1.82, 2.24) is 5.32 Å². The average molecular weight is 203 g/mol. The van der Waals surface area contributed by atoms with Crippen LogP contribution in [0.3, 0.4) is 0 Å². The molecule has 2 heteroatoms. The fourth-order valence-electron chi connectivity index (χ4n) is 1.58. The summed E-state index contributed by atoms with van der Waals surface area (Å²) in [6, 6.07) is 10.3. The number of rotatable bonds is 5. The van der Waals surface area contributed by atoms with Crippen LogP contribution in [0.5, 0.6) is 0 Å². The summed E-state index contributed by atoms with van der Waals surface area (Å²) in [5.41, 5.74) is 1.23. The summed E-state index contributed by atoms with van der Waals surface area (Å²) in [6.45, 7) is 5.24. The Morgan fingerprint density at radius 3 is 2.67 bits per heavy atom. The Hall–Kier alpha value is -1.57. The lowest BCUT2D eigenvalue weighted by atomic mass is 10.0. The summed E-state index contributed by atoms with van der Waals surface area (Å²) in [6.07, 6.45) is 3.49. The van der Waals surface area contributed by atoms with Crippen LogP contribution in [0.1, 0.15) is 18.9 Å². The van der Waals surface area contributed by atoms with E-state index < -0.39 is 0 Å². The lowest BCUT2D eigenvalue weighted by Crippen LogP contribution is -2.34. The first-order valence-corrected chi connectivity index (χ1v) is 5.14. The Morgan fingerprint density at radius 2 is 2.13 bits per heavy atom. The third-order valence-electron chi connectivity index (χ3n) is 2.18. The number of hydrogen-bond acceptors (Lipinski definition) is 1. The molecular weight excluding hydrogens is 186 g/mol. The van der Waals surface area contributed by atoms with Crippen molar-refractivity contribution in [2.24, 2.45) is 0 Å². The van der Waals surface area contributed by atoms with Gasteiger partial charge in [0.15, 0.2) is 0 Å². The molecule has 0 aliphatic rings. The standard InChI is InChI=1S/C13H17NO/c1-3-7-13(14-11(2)15)10-12-8-5-4-6-9-12/h3-6,8-9,13H,1,7,10H2,2H3,(H,14,15)/t13-/m1/s1. The van der Waals surface area contributed by atoms with Gasteiger partial charge in [0.05, 0.1) is 0 Å². The number of amides is 1. The van der Waals surface area contributed by atoms with E-state index in [1.54, 1.807) is 6.92 Å². The van der Waals surface area contributed by atoms with Crippen molar-refractivity contribution < 1.29 is 4.79 Å². The van der Waals surface area contributed by atoms with Gasteiger partial charge in [-0.3, -0.25) is 4.79 Å². The maximum absolute atomic E-state index is 11.0. The van der Waals surface area contributed by atoms with Gasteiger partial charge in [0.1, 0.15) is 0 Å². The van der Waals surface area contributed by atoms with Gasteiger partial charge in [0.25, 0.3) is 0 Å². The van der Waals surface area contributed by atoms with Crippen LogP contribution in [0.4, 0.5) is 0 Å². The van der Waals surface area contributed by atoms with Gasteiger partial charge >= 0.3 is 0 Å². The zero-order valence-corrected chi connectivity index (χ0v) is 9.07. The summed E-state index contributed by atoms with van der Waals surface area (Å²) in [5.74, 6) is 0.0118. The first-order valence-electron chi connectivity index (χ1n) is 5.14. The van der Waals surface area contributed by atoms with Crippen molar-refractivity contribution >= 4 is 5.91 Å². The Morgan fingerprint density at radius 1 is 1.47 bits per heavy atom. The van der Waals surface area contributed by atoms with E-state index in [1.165, 1.54) is 5.56 Å². The van der Waals surface area contributed by atoms with Crippen LogP contribution in [-0.2, 0) is 11.2 Å². The predicted octanol–water partition coefficient (Wildman–Crippen LogP) is 2.31. The minimum Gasteiger partial charge on any atom is -0.353 e. The van der Waals surface area contributed by atoms with Crippen LogP contribution in [0.2, 0.25) is 0 Å². The molecule has 1 rings (SSSR count). The molecule has 0 bridgehead atoms. The lowest BCUT2D eigenvalue weighted by molar-refractivity contribution is -0.119. The highest BCUT2D eigenvalue weighted by Crippen LogP contribution is 2.06. The molecule has 0 aliphatic heterocycles. The van der Waals surface area contributed by atoms with E-state index in [2.05, 4.69) is 24.0 Å². The van der Waals surface area contributed by atoms with E-state index in [4.69, 9.17) is 0 Å². The van der Waals surface area contributed by atoms with Crippen LogP contribution >= 0.6 is 0 Å². The van der Waals surface area contributed by atoms with Crippen LogP contribution in [0, 0.1) is 0 Å². The second-order valence-electron chi connectivity index (χ2n) is 3.61. The van der Waals surface area contributed by atoms with E-state index in [0.29, 0.717) is 0 Å². The summed E-state index contributed by atoms with van der Waals surface area (Å²) >= 11 is 0. The van der Waals surface area contributed by atoms with Crippen molar-refractivity contribution in [3.63, 3.8) is 0 Å². The summed E-state index contributed by atoms with van der Waals surface area (Å²) in [4.78, 5) is 11.0. The number of benzene rings is 1. The molecule has 0 saturated heterocycles. The van der Waals surface area contributed by atoms with E-state index >= 15 is 0 Å². The van der Waals surface area contributed by atoms with E-state index in [0.717, 1.165) is 12.8 Å². The molecular formula is C13H17NO. The van der Waals surface area contributed by atoms with Gasteiger partial charge in [-0.25, -0.2) is 0 Å². The molecule has 1 aromatic rings. The maximum atomic E-state index is 11.0. The number of hydrogen-bond donors (Lipinski definition) is 1. The Bertz CT molecular complexity index is 319. The molecule has 1 N–H and O–H groups in total. The third-order valence-corrected chi connectivity index (χ3v) is 2.18. The SMILES string of the molecule is C=CC[C@H](Cc1ccccc1)NC(C)=O. The normalized spacial score (nSPS) is 11.8. The van der Waals surface area contributed by atoms with E-state index in [-0.39, 0.29) is 11.9 Å². The molecule has 0 unspecified atom stereocenters. The molecule has 80 valence electrons. The first kappa shape index (κ1) is 11.5. The summed E-state index contributed by atoms with van der Waals surface area (Å²) in [7, 11) is 0. The number of nitrogens with one attached hydrogen (secondary N) is 1. The number of carbonyl (C=O) groups is 1. The lowest BCUT2D eigenvalue weighted by Gasteiger charge is -2.15. The third kappa shape index (κ3) is 4.45. The van der Waals surface area contributed by atoms with E-state index in [9.17, 15) is 4.79 Å². The molecule has 0 fully saturated rings. The molecule has 1 atom stereocenters.